The summed E-state index contributed by atoms with van der Waals surface area (Å²) in [6.45, 7) is 1.96. The zero-order valence-electron chi connectivity index (χ0n) is 9.11. The molecule has 0 spiro atoms. The number of benzene rings is 1. The minimum atomic E-state index is 0.0271. The smallest absolute Gasteiger partial charge is 0.320 e. The second kappa shape index (κ2) is 4.22. The quantitative estimate of drug-likeness (QED) is 0.800. The molecular weight excluding hydrogens is 226 g/mol. The number of carbonyl (C=O) groups is 1. The number of likely N-dealkylation sites (N-methyl/N-ethyl adjacent to an activating group) is 1. The monoisotopic (exact) mass is 239 g/mol. The first-order valence-corrected chi connectivity index (χ1v) is 5.50. The normalized spacial score (nSPS) is 16.0. The van der Waals surface area contributed by atoms with Crippen molar-refractivity contribution < 1.29 is 4.79 Å². The molecule has 1 aliphatic heterocycles. The summed E-state index contributed by atoms with van der Waals surface area (Å²) in [5, 5.41) is 0.613. The number of nitrogens with two attached hydrogens (primary N) is 1. The molecule has 0 aromatic heterocycles. The van der Waals surface area contributed by atoms with E-state index in [1.165, 1.54) is 0 Å². The van der Waals surface area contributed by atoms with Crippen LogP contribution in [0.5, 0.6) is 0 Å². The van der Waals surface area contributed by atoms with Crippen molar-refractivity contribution in [1.82, 2.24) is 9.80 Å². The largest absolute Gasteiger partial charge is 0.398 e. The molecule has 5 heteroatoms. The molecule has 0 atom stereocenters. The zero-order valence-corrected chi connectivity index (χ0v) is 9.87. The van der Waals surface area contributed by atoms with Gasteiger partial charge in [-0.25, -0.2) is 4.79 Å². The van der Waals surface area contributed by atoms with Crippen LogP contribution in [0.4, 0.5) is 10.5 Å². The first kappa shape index (κ1) is 11.1. The summed E-state index contributed by atoms with van der Waals surface area (Å²) in [6, 6.07) is 5.42. The summed E-state index contributed by atoms with van der Waals surface area (Å²) >= 11 is 6.06. The molecule has 4 nitrogen and oxygen atoms in total. The molecule has 86 valence electrons. The Balaban J connectivity index is 2.19. The molecule has 1 heterocycles. The number of hydrogen-bond acceptors (Lipinski definition) is 2. The van der Waals surface area contributed by atoms with E-state index in [0.717, 1.165) is 18.7 Å². The molecule has 1 aromatic rings. The van der Waals surface area contributed by atoms with Crippen molar-refractivity contribution in [1.29, 1.82) is 0 Å². The van der Waals surface area contributed by atoms with Gasteiger partial charge in [0.25, 0.3) is 0 Å². The maximum atomic E-state index is 11.7. The zero-order chi connectivity index (χ0) is 11.7. The van der Waals surface area contributed by atoms with Crippen LogP contribution in [-0.4, -0.2) is 36.0 Å². The molecule has 0 aliphatic carbocycles. The van der Waals surface area contributed by atoms with E-state index >= 15 is 0 Å². The Bertz CT molecular complexity index is 401. The molecule has 2 rings (SSSR count). The SMILES string of the molecule is CN1CCN(Cc2c(N)cccc2Cl)C1=O. The summed E-state index contributed by atoms with van der Waals surface area (Å²) in [7, 11) is 1.79. The Morgan fingerprint density at radius 1 is 1.44 bits per heavy atom. The lowest BCUT2D eigenvalue weighted by Crippen LogP contribution is -2.29. The van der Waals surface area contributed by atoms with Gasteiger partial charge in [0.05, 0.1) is 6.54 Å². The van der Waals surface area contributed by atoms with Crippen molar-refractivity contribution in [3.63, 3.8) is 0 Å². The maximum absolute atomic E-state index is 11.7. The van der Waals surface area contributed by atoms with Gasteiger partial charge in [-0.3, -0.25) is 0 Å². The second-order valence-electron chi connectivity index (χ2n) is 3.93. The average Bonchev–Trinajstić information content (AvgIpc) is 2.55. The molecule has 16 heavy (non-hydrogen) atoms. The third kappa shape index (κ3) is 1.93. The fourth-order valence-electron chi connectivity index (χ4n) is 1.78. The van der Waals surface area contributed by atoms with E-state index in [1.807, 2.05) is 0 Å². The van der Waals surface area contributed by atoms with Crippen molar-refractivity contribution in [2.75, 3.05) is 25.9 Å². The minimum absolute atomic E-state index is 0.0271. The van der Waals surface area contributed by atoms with Crippen LogP contribution in [0.2, 0.25) is 5.02 Å². The van der Waals surface area contributed by atoms with Crippen LogP contribution in [0, 0.1) is 0 Å². The Morgan fingerprint density at radius 2 is 2.19 bits per heavy atom. The van der Waals surface area contributed by atoms with Gasteiger partial charge in [0.15, 0.2) is 0 Å². The molecular formula is C11H14ClN3O. The van der Waals surface area contributed by atoms with Crippen LogP contribution >= 0.6 is 11.6 Å². The molecule has 1 saturated heterocycles. The van der Waals surface area contributed by atoms with Crippen LogP contribution in [0.15, 0.2) is 18.2 Å². The first-order valence-electron chi connectivity index (χ1n) is 5.12. The Labute approximate surface area is 99.6 Å². The fourth-order valence-corrected chi connectivity index (χ4v) is 2.02. The topological polar surface area (TPSA) is 49.6 Å². The second-order valence-corrected chi connectivity index (χ2v) is 4.34. The number of anilines is 1. The van der Waals surface area contributed by atoms with Gasteiger partial charge in [-0.2, -0.15) is 0 Å². The van der Waals surface area contributed by atoms with E-state index in [1.54, 1.807) is 35.0 Å². The number of carbonyl (C=O) groups excluding carboxylic acids is 1. The summed E-state index contributed by atoms with van der Waals surface area (Å²) in [4.78, 5) is 15.1. The third-order valence-corrected chi connectivity index (χ3v) is 3.16. The van der Waals surface area contributed by atoms with Crippen molar-refractivity contribution in [3.8, 4) is 0 Å². The van der Waals surface area contributed by atoms with Crippen molar-refractivity contribution >= 4 is 23.3 Å². The van der Waals surface area contributed by atoms with Gasteiger partial charge in [-0.05, 0) is 12.1 Å². The van der Waals surface area contributed by atoms with Crippen molar-refractivity contribution in [2.45, 2.75) is 6.54 Å². The molecule has 1 aliphatic rings. The van der Waals surface area contributed by atoms with Gasteiger partial charge < -0.3 is 15.5 Å². The van der Waals surface area contributed by atoms with E-state index in [-0.39, 0.29) is 6.03 Å². The number of urea groups is 1. The predicted molar refractivity (Wildman–Crippen MR) is 64.3 cm³/mol. The highest BCUT2D eigenvalue weighted by Crippen LogP contribution is 2.24. The van der Waals surface area contributed by atoms with Gasteiger partial charge in [-0.1, -0.05) is 17.7 Å². The molecule has 0 bridgehead atoms. The lowest BCUT2D eigenvalue weighted by Gasteiger charge is -2.17. The summed E-state index contributed by atoms with van der Waals surface area (Å²) in [5.74, 6) is 0. The summed E-state index contributed by atoms with van der Waals surface area (Å²) in [5.41, 5.74) is 7.30. The Morgan fingerprint density at radius 3 is 2.75 bits per heavy atom. The van der Waals surface area contributed by atoms with Crippen molar-refractivity contribution in [2.24, 2.45) is 0 Å². The molecule has 2 amide bonds. The lowest BCUT2D eigenvalue weighted by atomic mass is 10.1. The van der Waals surface area contributed by atoms with Crippen LogP contribution in [0.25, 0.3) is 0 Å². The van der Waals surface area contributed by atoms with Gasteiger partial charge in [0.2, 0.25) is 0 Å². The number of nitrogens with zero attached hydrogens (tertiary/aromatic N) is 2. The van der Waals surface area contributed by atoms with E-state index in [2.05, 4.69) is 0 Å². The molecule has 1 fully saturated rings. The molecule has 2 N–H and O–H groups in total. The van der Waals surface area contributed by atoms with Crippen LogP contribution in [0.3, 0.4) is 0 Å². The van der Waals surface area contributed by atoms with Gasteiger partial charge in [0.1, 0.15) is 0 Å². The molecule has 0 unspecified atom stereocenters. The number of amides is 2. The first-order chi connectivity index (χ1) is 7.59. The Hall–Kier alpha value is -1.42. The van der Waals surface area contributed by atoms with E-state index in [9.17, 15) is 4.79 Å². The molecule has 0 radical (unpaired) electrons. The number of nitrogen functional groups attached to an aromatic ring is 1. The average molecular weight is 240 g/mol. The summed E-state index contributed by atoms with van der Waals surface area (Å²) < 4.78 is 0. The van der Waals surface area contributed by atoms with Crippen LogP contribution in [0.1, 0.15) is 5.56 Å². The maximum Gasteiger partial charge on any atom is 0.320 e. The highest BCUT2D eigenvalue weighted by molar-refractivity contribution is 6.31. The van der Waals surface area contributed by atoms with E-state index in [4.69, 9.17) is 17.3 Å². The van der Waals surface area contributed by atoms with E-state index in [0.29, 0.717) is 17.3 Å². The highest BCUT2D eigenvalue weighted by atomic mass is 35.5. The van der Waals surface area contributed by atoms with Crippen LogP contribution < -0.4 is 5.73 Å². The highest BCUT2D eigenvalue weighted by Gasteiger charge is 2.26. The predicted octanol–water partition coefficient (Wildman–Crippen LogP) is 1.79. The molecule has 0 saturated carbocycles. The number of hydrogen-bond donors (Lipinski definition) is 1. The standard InChI is InChI=1S/C11H14ClN3O/c1-14-5-6-15(11(14)16)7-8-9(12)3-2-4-10(8)13/h2-4H,5-7,13H2,1H3. The van der Waals surface area contributed by atoms with Gasteiger partial charge in [-0.15, -0.1) is 0 Å². The minimum Gasteiger partial charge on any atom is -0.398 e. The Kier molecular flexibility index (Phi) is 2.92. The van der Waals surface area contributed by atoms with Crippen LogP contribution in [-0.2, 0) is 6.54 Å². The van der Waals surface area contributed by atoms with Gasteiger partial charge >= 0.3 is 6.03 Å². The number of rotatable bonds is 2. The lowest BCUT2D eigenvalue weighted by molar-refractivity contribution is 0.197. The van der Waals surface area contributed by atoms with E-state index < -0.39 is 0 Å². The summed E-state index contributed by atoms with van der Waals surface area (Å²) in [6.07, 6.45) is 0. The molecule has 1 aromatic carbocycles. The fraction of sp³-hybridized carbons (Fsp3) is 0.364. The van der Waals surface area contributed by atoms with Crippen molar-refractivity contribution in [3.05, 3.63) is 28.8 Å². The third-order valence-electron chi connectivity index (χ3n) is 2.81. The van der Waals surface area contributed by atoms with Gasteiger partial charge in [0, 0.05) is 36.4 Å². The number of halogens is 1.